The summed E-state index contributed by atoms with van der Waals surface area (Å²) in [6.45, 7) is 3.36. The molecule has 1 aromatic carbocycles. The molecule has 6 nitrogen and oxygen atoms in total. The Labute approximate surface area is 116 Å². The number of nitrogens with zero attached hydrogens (tertiary/aromatic N) is 2. The molecule has 1 heterocycles. The van der Waals surface area contributed by atoms with Gasteiger partial charge in [-0.3, -0.25) is 19.3 Å². The number of amides is 2. The van der Waals surface area contributed by atoms with Gasteiger partial charge in [-0.15, -0.1) is 0 Å². The van der Waals surface area contributed by atoms with Gasteiger partial charge in [0.15, 0.2) is 0 Å². The quantitative estimate of drug-likeness (QED) is 0.816. The summed E-state index contributed by atoms with van der Waals surface area (Å²) in [6.07, 6.45) is 0. The summed E-state index contributed by atoms with van der Waals surface area (Å²) in [6, 6.07) is 5.69. The molecule has 1 aliphatic heterocycles. The SMILES string of the molecule is Cc1cccc(N2CC(=O)N(CC(=O)O)C(=O)C2)c1C. The molecule has 0 saturated carbocycles. The summed E-state index contributed by atoms with van der Waals surface area (Å²) in [4.78, 5) is 37.0. The Hall–Kier alpha value is -2.37. The van der Waals surface area contributed by atoms with Crippen molar-refractivity contribution in [2.24, 2.45) is 0 Å². The number of carboxylic acids is 1. The van der Waals surface area contributed by atoms with Crippen molar-refractivity contribution >= 4 is 23.5 Å². The molecule has 0 atom stereocenters. The van der Waals surface area contributed by atoms with E-state index in [4.69, 9.17) is 5.11 Å². The van der Waals surface area contributed by atoms with Crippen LogP contribution in [0.1, 0.15) is 11.1 Å². The number of carbonyl (C=O) groups is 3. The zero-order valence-electron chi connectivity index (χ0n) is 11.4. The molecule has 1 aliphatic rings. The zero-order chi connectivity index (χ0) is 14.9. The topological polar surface area (TPSA) is 77.9 Å². The van der Waals surface area contributed by atoms with Crippen molar-refractivity contribution in [3.05, 3.63) is 29.3 Å². The molecular formula is C14H16N2O4. The van der Waals surface area contributed by atoms with E-state index in [1.807, 2.05) is 32.0 Å². The fourth-order valence-corrected chi connectivity index (χ4v) is 2.25. The number of carboxylic acid groups (broad SMARTS) is 1. The second-order valence-electron chi connectivity index (χ2n) is 4.84. The minimum Gasteiger partial charge on any atom is -0.480 e. The molecule has 0 aliphatic carbocycles. The van der Waals surface area contributed by atoms with Gasteiger partial charge >= 0.3 is 5.97 Å². The molecule has 6 heteroatoms. The van der Waals surface area contributed by atoms with Gasteiger partial charge in [0.2, 0.25) is 11.8 Å². The van der Waals surface area contributed by atoms with Crippen molar-refractivity contribution in [2.75, 3.05) is 24.5 Å². The summed E-state index contributed by atoms with van der Waals surface area (Å²) in [5, 5.41) is 8.71. The van der Waals surface area contributed by atoms with Crippen molar-refractivity contribution in [2.45, 2.75) is 13.8 Å². The Morgan fingerprint density at radius 3 is 2.35 bits per heavy atom. The van der Waals surface area contributed by atoms with Crippen molar-refractivity contribution in [1.29, 1.82) is 0 Å². The van der Waals surface area contributed by atoms with Crippen molar-refractivity contribution in [3.63, 3.8) is 0 Å². The van der Waals surface area contributed by atoms with Gasteiger partial charge in [-0.25, -0.2) is 0 Å². The molecule has 2 rings (SSSR count). The minimum absolute atomic E-state index is 0.0172. The lowest BCUT2D eigenvalue weighted by atomic mass is 10.1. The lowest BCUT2D eigenvalue weighted by molar-refractivity contribution is -0.153. The standard InChI is InChI=1S/C14H16N2O4/c1-9-4-3-5-11(10(9)2)15-6-12(17)16(8-14(19)20)13(18)7-15/h3-5H,6-8H2,1-2H3,(H,19,20). The average molecular weight is 276 g/mol. The highest BCUT2D eigenvalue weighted by Gasteiger charge is 2.32. The molecule has 1 N–H and O–H groups in total. The predicted molar refractivity (Wildman–Crippen MR) is 72.5 cm³/mol. The van der Waals surface area contributed by atoms with E-state index in [2.05, 4.69) is 0 Å². The summed E-state index contributed by atoms with van der Waals surface area (Å²) in [5.41, 5.74) is 2.93. The first-order chi connectivity index (χ1) is 9.40. The highest BCUT2D eigenvalue weighted by Crippen LogP contribution is 2.24. The van der Waals surface area contributed by atoms with Crippen LogP contribution >= 0.6 is 0 Å². The van der Waals surface area contributed by atoms with Gasteiger partial charge in [0, 0.05) is 5.69 Å². The molecule has 1 aromatic rings. The van der Waals surface area contributed by atoms with Crippen LogP contribution in [0.15, 0.2) is 18.2 Å². The van der Waals surface area contributed by atoms with Crippen LogP contribution in [-0.2, 0) is 14.4 Å². The largest absolute Gasteiger partial charge is 0.480 e. The summed E-state index contributed by atoms with van der Waals surface area (Å²) < 4.78 is 0. The van der Waals surface area contributed by atoms with E-state index in [0.717, 1.165) is 21.7 Å². The molecule has 1 fully saturated rings. The molecule has 1 saturated heterocycles. The fourth-order valence-electron chi connectivity index (χ4n) is 2.25. The van der Waals surface area contributed by atoms with Crippen LogP contribution in [0.4, 0.5) is 5.69 Å². The van der Waals surface area contributed by atoms with E-state index in [0.29, 0.717) is 0 Å². The summed E-state index contributed by atoms with van der Waals surface area (Å²) >= 11 is 0. The van der Waals surface area contributed by atoms with Gasteiger partial charge in [0.1, 0.15) is 6.54 Å². The number of anilines is 1. The number of hydrogen-bond acceptors (Lipinski definition) is 4. The van der Waals surface area contributed by atoms with Crippen molar-refractivity contribution < 1.29 is 19.5 Å². The maximum Gasteiger partial charge on any atom is 0.323 e. The van der Waals surface area contributed by atoms with Gasteiger partial charge in [0.05, 0.1) is 13.1 Å². The number of aryl methyl sites for hydroxylation is 1. The monoisotopic (exact) mass is 276 g/mol. The maximum atomic E-state index is 11.9. The second kappa shape index (κ2) is 5.32. The average Bonchev–Trinajstić information content (AvgIpc) is 2.36. The molecule has 20 heavy (non-hydrogen) atoms. The molecule has 0 spiro atoms. The third kappa shape index (κ3) is 2.64. The highest BCUT2D eigenvalue weighted by atomic mass is 16.4. The summed E-state index contributed by atoms with van der Waals surface area (Å²) in [7, 11) is 0. The number of aliphatic carboxylic acids is 1. The first-order valence-corrected chi connectivity index (χ1v) is 6.26. The zero-order valence-corrected chi connectivity index (χ0v) is 11.4. The normalized spacial score (nSPS) is 15.7. The summed E-state index contributed by atoms with van der Waals surface area (Å²) in [5.74, 6) is -2.15. The fraction of sp³-hybridized carbons (Fsp3) is 0.357. The van der Waals surface area contributed by atoms with Crippen LogP contribution < -0.4 is 4.90 Å². The Bertz CT molecular complexity index is 565. The third-order valence-corrected chi connectivity index (χ3v) is 3.46. The van der Waals surface area contributed by atoms with E-state index < -0.39 is 24.3 Å². The van der Waals surface area contributed by atoms with E-state index in [1.54, 1.807) is 4.90 Å². The highest BCUT2D eigenvalue weighted by molar-refractivity contribution is 6.04. The van der Waals surface area contributed by atoms with Crippen LogP contribution in [0.25, 0.3) is 0 Å². The smallest absolute Gasteiger partial charge is 0.323 e. The van der Waals surface area contributed by atoms with Crippen molar-refractivity contribution in [1.82, 2.24) is 4.90 Å². The lowest BCUT2D eigenvalue weighted by Crippen LogP contribution is -2.55. The van der Waals surface area contributed by atoms with E-state index in [9.17, 15) is 14.4 Å². The number of rotatable bonds is 3. The van der Waals surface area contributed by atoms with Gasteiger partial charge in [-0.2, -0.15) is 0 Å². The third-order valence-electron chi connectivity index (χ3n) is 3.46. The van der Waals surface area contributed by atoms with E-state index >= 15 is 0 Å². The Morgan fingerprint density at radius 2 is 1.80 bits per heavy atom. The first-order valence-electron chi connectivity index (χ1n) is 6.26. The van der Waals surface area contributed by atoms with Gasteiger partial charge < -0.3 is 10.0 Å². The maximum absolute atomic E-state index is 11.9. The van der Waals surface area contributed by atoms with Gasteiger partial charge in [0.25, 0.3) is 0 Å². The molecule has 2 amide bonds. The second-order valence-corrected chi connectivity index (χ2v) is 4.84. The molecular weight excluding hydrogens is 260 g/mol. The Morgan fingerprint density at radius 1 is 1.20 bits per heavy atom. The molecule has 0 bridgehead atoms. The molecule has 106 valence electrons. The van der Waals surface area contributed by atoms with E-state index in [1.165, 1.54) is 0 Å². The van der Waals surface area contributed by atoms with E-state index in [-0.39, 0.29) is 13.1 Å². The van der Waals surface area contributed by atoms with Crippen LogP contribution in [0.5, 0.6) is 0 Å². The predicted octanol–water partition coefficient (Wildman–Crippen LogP) is 0.563. The van der Waals surface area contributed by atoms with Gasteiger partial charge in [-0.1, -0.05) is 12.1 Å². The number of hydrogen-bond donors (Lipinski definition) is 1. The molecule has 0 aromatic heterocycles. The van der Waals surface area contributed by atoms with Crippen molar-refractivity contribution in [3.8, 4) is 0 Å². The number of piperazine rings is 1. The Balaban J connectivity index is 2.23. The first kappa shape index (κ1) is 14.0. The van der Waals surface area contributed by atoms with Crippen LogP contribution in [0, 0.1) is 13.8 Å². The molecule has 0 radical (unpaired) electrons. The number of benzene rings is 1. The van der Waals surface area contributed by atoms with Gasteiger partial charge in [-0.05, 0) is 31.0 Å². The lowest BCUT2D eigenvalue weighted by Gasteiger charge is -2.34. The minimum atomic E-state index is -1.19. The molecule has 0 unspecified atom stereocenters. The van der Waals surface area contributed by atoms with Crippen LogP contribution in [0.2, 0.25) is 0 Å². The number of imide groups is 1. The van der Waals surface area contributed by atoms with Crippen LogP contribution in [0.3, 0.4) is 0 Å². The number of carbonyl (C=O) groups excluding carboxylic acids is 2. The Kier molecular flexibility index (Phi) is 3.74. The van der Waals surface area contributed by atoms with Crippen LogP contribution in [-0.4, -0.2) is 47.4 Å².